The van der Waals surface area contributed by atoms with E-state index in [1.165, 1.54) is 0 Å². The van der Waals surface area contributed by atoms with E-state index in [1.807, 2.05) is 23.9 Å². The number of carbonyl (C=O) groups excluding carboxylic acids is 1. The van der Waals surface area contributed by atoms with Crippen LogP contribution in [0.1, 0.15) is 16.3 Å². The molecule has 2 rings (SSSR count). The molecule has 2 heterocycles. The molecule has 0 spiro atoms. The quantitative estimate of drug-likeness (QED) is 0.502. The molecule has 7 nitrogen and oxygen atoms in total. The number of carbonyl (C=O) groups is 1. The molecule has 2 aromatic rings. The lowest BCUT2D eigenvalue weighted by atomic mass is 10.4. The number of aryl methyl sites for hydroxylation is 1. The fourth-order valence-electron chi connectivity index (χ4n) is 1.85. The maximum Gasteiger partial charge on any atom is 0.287 e. The maximum absolute atomic E-state index is 12.0. The van der Waals surface area contributed by atoms with Crippen LogP contribution in [0, 0.1) is 0 Å². The van der Waals surface area contributed by atoms with Crippen molar-refractivity contribution in [3.05, 3.63) is 36.0 Å². The Labute approximate surface area is 139 Å². The van der Waals surface area contributed by atoms with E-state index in [2.05, 4.69) is 15.6 Å². The number of methoxy groups -OCH3 is 1. The SMILES string of the molecule is COCCNCCNC(=O)c1ccc(CSc2nccn2C)o1. The number of hydrogen-bond acceptors (Lipinski definition) is 6. The van der Waals surface area contributed by atoms with Crippen LogP contribution in [0.4, 0.5) is 0 Å². The van der Waals surface area contributed by atoms with Crippen LogP contribution in [-0.2, 0) is 17.5 Å². The van der Waals surface area contributed by atoms with E-state index in [0.29, 0.717) is 31.2 Å². The monoisotopic (exact) mass is 338 g/mol. The van der Waals surface area contributed by atoms with Gasteiger partial charge in [0.25, 0.3) is 5.91 Å². The molecule has 2 N–H and O–H groups in total. The number of amides is 1. The number of aromatic nitrogens is 2. The molecule has 0 aliphatic heterocycles. The Morgan fingerprint density at radius 1 is 1.39 bits per heavy atom. The van der Waals surface area contributed by atoms with Gasteiger partial charge in [0, 0.05) is 46.2 Å². The van der Waals surface area contributed by atoms with E-state index in [0.717, 1.165) is 17.5 Å². The van der Waals surface area contributed by atoms with Crippen LogP contribution in [0.3, 0.4) is 0 Å². The second-order valence-corrected chi connectivity index (χ2v) is 5.82. The average molecular weight is 338 g/mol. The van der Waals surface area contributed by atoms with Crippen molar-refractivity contribution in [3.63, 3.8) is 0 Å². The second-order valence-electron chi connectivity index (χ2n) is 4.87. The summed E-state index contributed by atoms with van der Waals surface area (Å²) in [5.74, 6) is 1.52. The first-order chi connectivity index (χ1) is 11.2. The van der Waals surface area contributed by atoms with Gasteiger partial charge in [-0.3, -0.25) is 4.79 Å². The molecule has 23 heavy (non-hydrogen) atoms. The van der Waals surface area contributed by atoms with Crippen molar-refractivity contribution in [2.75, 3.05) is 33.4 Å². The van der Waals surface area contributed by atoms with Crippen molar-refractivity contribution in [1.29, 1.82) is 0 Å². The lowest BCUT2D eigenvalue weighted by Gasteiger charge is -2.05. The Bertz CT molecular complexity index is 611. The summed E-state index contributed by atoms with van der Waals surface area (Å²) in [7, 11) is 3.60. The highest BCUT2D eigenvalue weighted by Crippen LogP contribution is 2.21. The van der Waals surface area contributed by atoms with E-state index >= 15 is 0 Å². The Morgan fingerprint density at radius 3 is 3.00 bits per heavy atom. The zero-order valence-electron chi connectivity index (χ0n) is 13.4. The molecule has 126 valence electrons. The van der Waals surface area contributed by atoms with Crippen molar-refractivity contribution in [2.45, 2.75) is 10.9 Å². The van der Waals surface area contributed by atoms with Gasteiger partial charge in [0.15, 0.2) is 10.9 Å². The summed E-state index contributed by atoms with van der Waals surface area (Å²) in [5.41, 5.74) is 0. The van der Waals surface area contributed by atoms with Crippen LogP contribution in [0.15, 0.2) is 34.1 Å². The minimum atomic E-state index is -0.202. The number of rotatable bonds is 10. The molecule has 1 amide bonds. The topological polar surface area (TPSA) is 81.3 Å². The van der Waals surface area contributed by atoms with Crippen molar-refractivity contribution >= 4 is 17.7 Å². The summed E-state index contributed by atoms with van der Waals surface area (Å²) in [6.07, 6.45) is 3.65. The van der Waals surface area contributed by atoms with Gasteiger partial charge in [0.05, 0.1) is 12.4 Å². The van der Waals surface area contributed by atoms with Crippen LogP contribution < -0.4 is 10.6 Å². The molecular formula is C15H22N4O3S. The molecule has 8 heteroatoms. The largest absolute Gasteiger partial charge is 0.455 e. The highest BCUT2D eigenvalue weighted by atomic mass is 32.2. The number of nitrogens with one attached hydrogen (secondary N) is 2. The molecule has 0 saturated heterocycles. The number of furan rings is 1. The van der Waals surface area contributed by atoms with Crippen LogP contribution in [-0.4, -0.2) is 48.8 Å². The molecule has 0 fully saturated rings. The Balaban J connectivity index is 1.71. The summed E-state index contributed by atoms with van der Waals surface area (Å²) in [6.45, 7) is 2.66. The number of imidazole rings is 1. The van der Waals surface area contributed by atoms with Gasteiger partial charge in [0.1, 0.15) is 5.76 Å². The Hall–Kier alpha value is -1.77. The summed E-state index contributed by atoms with van der Waals surface area (Å²) < 4.78 is 12.4. The van der Waals surface area contributed by atoms with Gasteiger partial charge >= 0.3 is 0 Å². The summed E-state index contributed by atoms with van der Waals surface area (Å²) >= 11 is 1.57. The molecule has 2 aromatic heterocycles. The van der Waals surface area contributed by atoms with Crippen molar-refractivity contribution in [1.82, 2.24) is 20.2 Å². The molecular weight excluding hydrogens is 316 g/mol. The molecule has 0 aliphatic rings. The van der Waals surface area contributed by atoms with Crippen LogP contribution in [0.25, 0.3) is 0 Å². The predicted molar refractivity (Wildman–Crippen MR) is 88.6 cm³/mol. The van der Waals surface area contributed by atoms with Gasteiger partial charge in [-0.1, -0.05) is 11.8 Å². The first-order valence-corrected chi connectivity index (χ1v) is 8.36. The molecule has 0 radical (unpaired) electrons. The molecule has 0 unspecified atom stereocenters. The number of nitrogens with zero attached hydrogens (tertiary/aromatic N) is 2. The minimum absolute atomic E-state index is 0.202. The van der Waals surface area contributed by atoms with E-state index in [1.54, 1.807) is 31.1 Å². The molecule has 0 aromatic carbocycles. The van der Waals surface area contributed by atoms with Crippen LogP contribution in [0.2, 0.25) is 0 Å². The van der Waals surface area contributed by atoms with Gasteiger partial charge in [-0.15, -0.1) is 0 Å². The van der Waals surface area contributed by atoms with Gasteiger partial charge in [-0.05, 0) is 12.1 Å². The smallest absolute Gasteiger partial charge is 0.287 e. The van der Waals surface area contributed by atoms with Crippen molar-refractivity contribution in [3.8, 4) is 0 Å². The fraction of sp³-hybridized carbons (Fsp3) is 0.467. The summed E-state index contributed by atoms with van der Waals surface area (Å²) in [4.78, 5) is 16.2. The lowest BCUT2D eigenvalue weighted by Crippen LogP contribution is -2.32. The van der Waals surface area contributed by atoms with E-state index in [-0.39, 0.29) is 5.91 Å². The standard InChI is InChI=1S/C15H22N4O3S/c1-19-9-7-18-15(19)23-11-12-3-4-13(22-12)14(20)17-6-5-16-8-10-21-2/h3-4,7,9,16H,5-6,8,10-11H2,1-2H3,(H,17,20). The minimum Gasteiger partial charge on any atom is -0.455 e. The first-order valence-electron chi connectivity index (χ1n) is 7.37. The molecule has 0 saturated carbocycles. The fourth-order valence-corrected chi connectivity index (χ4v) is 2.68. The Morgan fingerprint density at radius 2 is 2.26 bits per heavy atom. The zero-order chi connectivity index (χ0) is 16.5. The zero-order valence-corrected chi connectivity index (χ0v) is 14.2. The lowest BCUT2D eigenvalue weighted by molar-refractivity contribution is 0.0924. The van der Waals surface area contributed by atoms with Crippen LogP contribution in [0.5, 0.6) is 0 Å². The molecule has 0 aliphatic carbocycles. The van der Waals surface area contributed by atoms with E-state index in [9.17, 15) is 4.79 Å². The normalized spacial score (nSPS) is 10.9. The van der Waals surface area contributed by atoms with E-state index < -0.39 is 0 Å². The molecule has 0 atom stereocenters. The Kier molecular flexibility index (Phi) is 7.18. The third-order valence-corrected chi connectivity index (χ3v) is 4.16. The van der Waals surface area contributed by atoms with Crippen molar-refractivity contribution < 1.29 is 13.9 Å². The maximum atomic E-state index is 12.0. The van der Waals surface area contributed by atoms with Gasteiger partial charge in [-0.25, -0.2) is 4.98 Å². The third kappa shape index (κ3) is 5.74. The number of hydrogen-bond donors (Lipinski definition) is 2. The first kappa shape index (κ1) is 17.6. The number of thioether (sulfide) groups is 1. The van der Waals surface area contributed by atoms with Crippen LogP contribution >= 0.6 is 11.8 Å². The van der Waals surface area contributed by atoms with Crippen molar-refractivity contribution in [2.24, 2.45) is 7.05 Å². The summed E-state index contributed by atoms with van der Waals surface area (Å²) in [6, 6.07) is 3.52. The second kappa shape index (κ2) is 9.39. The van der Waals surface area contributed by atoms with Gasteiger partial charge in [-0.2, -0.15) is 0 Å². The van der Waals surface area contributed by atoms with Gasteiger partial charge in [0.2, 0.25) is 0 Å². The van der Waals surface area contributed by atoms with E-state index in [4.69, 9.17) is 9.15 Å². The third-order valence-electron chi connectivity index (χ3n) is 3.08. The predicted octanol–water partition coefficient (Wildman–Crippen LogP) is 1.27. The highest BCUT2D eigenvalue weighted by Gasteiger charge is 2.11. The average Bonchev–Trinajstić information content (AvgIpc) is 3.17. The summed E-state index contributed by atoms with van der Waals surface area (Å²) in [5, 5.41) is 6.88. The molecule has 0 bridgehead atoms. The number of ether oxygens (including phenoxy) is 1. The van der Waals surface area contributed by atoms with Gasteiger partial charge < -0.3 is 24.4 Å². The highest BCUT2D eigenvalue weighted by molar-refractivity contribution is 7.98.